The molecule has 28 heavy (non-hydrogen) atoms. The molecular weight excluding hydrogens is 411 g/mol. The fourth-order valence-electron chi connectivity index (χ4n) is 2.99. The van der Waals surface area contributed by atoms with Crippen molar-refractivity contribution < 1.29 is 17.9 Å². The Morgan fingerprint density at radius 2 is 1.82 bits per heavy atom. The summed E-state index contributed by atoms with van der Waals surface area (Å²) < 4.78 is 48.4. The van der Waals surface area contributed by atoms with Crippen molar-refractivity contribution in [3.05, 3.63) is 58.1 Å². The highest BCUT2D eigenvalue weighted by atomic mass is 35.5. The van der Waals surface area contributed by atoms with Crippen molar-refractivity contribution in [3.8, 4) is 22.0 Å². The van der Waals surface area contributed by atoms with E-state index in [-0.39, 0.29) is 22.4 Å². The van der Waals surface area contributed by atoms with Crippen molar-refractivity contribution in [2.75, 3.05) is 7.11 Å². The average Bonchev–Trinajstić information content (AvgIpc) is 3.24. The van der Waals surface area contributed by atoms with Crippen LogP contribution in [0.3, 0.4) is 0 Å². The lowest BCUT2D eigenvalue weighted by molar-refractivity contribution is -0.136. The molecule has 4 aromatic rings. The number of fused-ring (bicyclic) bond motifs is 1. The summed E-state index contributed by atoms with van der Waals surface area (Å²) in [7, 11) is 1.54. The van der Waals surface area contributed by atoms with Crippen molar-refractivity contribution in [1.82, 2.24) is 14.8 Å². The van der Waals surface area contributed by atoms with Gasteiger partial charge in [0, 0.05) is 0 Å². The highest BCUT2D eigenvalue weighted by Gasteiger charge is 2.36. The first-order valence-electron chi connectivity index (χ1n) is 8.15. The number of ether oxygens (including phenoxy) is 1. The van der Waals surface area contributed by atoms with Crippen LogP contribution in [0.25, 0.3) is 27.3 Å². The number of halogens is 4. The Kier molecular flexibility index (Phi) is 4.55. The molecular formula is C19H13ClF3N3OS. The number of methoxy groups -OCH3 is 1. The van der Waals surface area contributed by atoms with Gasteiger partial charge in [0.05, 0.1) is 44.3 Å². The molecule has 9 heteroatoms. The summed E-state index contributed by atoms with van der Waals surface area (Å²) in [6.07, 6.45) is -4.55. The van der Waals surface area contributed by atoms with Crippen LogP contribution in [-0.4, -0.2) is 21.9 Å². The summed E-state index contributed by atoms with van der Waals surface area (Å²) in [6, 6.07) is 11.2. The maximum absolute atomic E-state index is 13.8. The summed E-state index contributed by atoms with van der Waals surface area (Å²) in [5, 5.41) is 4.30. The third-order valence-corrected chi connectivity index (χ3v) is 5.51. The second-order valence-corrected chi connectivity index (χ2v) is 7.77. The van der Waals surface area contributed by atoms with E-state index < -0.39 is 11.7 Å². The maximum atomic E-state index is 13.8. The minimum atomic E-state index is -4.55. The van der Waals surface area contributed by atoms with E-state index in [4.69, 9.17) is 16.3 Å². The number of aryl methyl sites for hydroxylation is 1. The van der Waals surface area contributed by atoms with E-state index >= 15 is 0 Å². The van der Waals surface area contributed by atoms with E-state index in [0.717, 1.165) is 6.07 Å². The van der Waals surface area contributed by atoms with Gasteiger partial charge in [-0.1, -0.05) is 11.6 Å². The Hall–Kier alpha value is -2.58. The van der Waals surface area contributed by atoms with Crippen molar-refractivity contribution in [3.63, 3.8) is 0 Å². The van der Waals surface area contributed by atoms with Gasteiger partial charge in [-0.05, 0) is 49.4 Å². The van der Waals surface area contributed by atoms with E-state index in [9.17, 15) is 13.2 Å². The molecule has 0 bridgehead atoms. The van der Waals surface area contributed by atoms with E-state index in [1.165, 1.54) is 23.1 Å². The van der Waals surface area contributed by atoms with Crippen molar-refractivity contribution in [2.45, 2.75) is 13.1 Å². The third-order valence-electron chi connectivity index (χ3n) is 4.26. The van der Waals surface area contributed by atoms with Crippen LogP contribution in [0, 0.1) is 6.92 Å². The SMILES string of the molecule is COc1ccc(-n2nc(C)c3c(C(F)(F)F)cc(-c4ccc(Cl)s4)nc32)cc1. The summed E-state index contributed by atoms with van der Waals surface area (Å²) in [5.74, 6) is 0.634. The summed E-state index contributed by atoms with van der Waals surface area (Å²) >= 11 is 7.13. The van der Waals surface area contributed by atoms with Gasteiger partial charge in [-0.15, -0.1) is 11.3 Å². The molecule has 0 fully saturated rings. The van der Waals surface area contributed by atoms with Crippen LogP contribution in [0.5, 0.6) is 5.75 Å². The van der Waals surface area contributed by atoms with Gasteiger partial charge >= 0.3 is 6.18 Å². The van der Waals surface area contributed by atoms with Gasteiger partial charge in [0.2, 0.25) is 0 Å². The molecule has 0 saturated heterocycles. The third kappa shape index (κ3) is 3.22. The molecule has 4 nitrogen and oxygen atoms in total. The van der Waals surface area contributed by atoms with Crippen LogP contribution in [-0.2, 0) is 6.18 Å². The second kappa shape index (κ2) is 6.79. The molecule has 3 aromatic heterocycles. The molecule has 0 aliphatic heterocycles. The molecule has 1 aromatic carbocycles. The number of aromatic nitrogens is 3. The maximum Gasteiger partial charge on any atom is 0.417 e. The van der Waals surface area contributed by atoms with Gasteiger partial charge in [-0.3, -0.25) is 0 Å². The average molecular weight is 424 g/mol. The van der Waals surface area contributed by atoms with Gasteiger partial charge in [-0.25, -0.2) is 9.67 Å². The zero-order chi connectivity index (χ0) is 20.1. The molecule has 0 atom stereocenters. The van der Waals surface area contributed by atoms with Crippen LogP contribution in [0.15, 0.2) is 42.5 Å². The Labute approximate surface area is 167 Å². The number of thiophene rings is 1. The quantitative estimate of drug-likeness (QED) is 0.397. The fraction of sp³-hybridized carbons (Fsp3) is 0.158. The first-order valence-corrected chi connectivity index (χ1v) is 9.35. The highest BCUT2D eigenvalue weighted by Crippen LogP contribution is 2.40. The van der Waals surface area contributed by atoms with E-state index in [2.05, 4.69) is 10.1 Å². The lowest BCUT2D eigenvalue weighted by atomic mass is 10.1. The molecule has 0 aliphatic carbocycles. The Morgan fingerprint density at radius 1 is 1.11 bits per heavy atom. The van der Waals surface area contributed by atoms with Crippen LogP contribution in [0.2, 0.25) is 4.34 Å². The molecule has 0 radical (unpaired) electrons. The predicted molar refractivity (Wildman–Crippen MR) is 103 cm³/mol. The molecule has 0 amide bonds. The van der Waals surface area contributed by atoms with E-state index in [1.807, 2.05) is 0 Å². The van der Waals surface area contributed by atoms with Crippen LogP contribution in [0.4, 0.5) is 13.2 Å². The molecule has 0 aliphatic rings. The number of hydrogen-bond donors (Lipinski definition) is 0. The molecule has 4 rings (SSSR count). The topological polar surface area (TPSA) is 39.9 Å². The lowest BCUT2D eigenvalue weighted by Gasteiger charge is -2.11. The van der Waals surface area contributed by atoms with Gasteiger partial charge < -0.3 is 4.74 Å². The molecule has 0 saturated carbocycles. The normalized spacial score (nSPS) is 11.9. The van der Waals surface area contributed by atoms with E-state index in [0.29, 0.717) is 20.7 Å². The van der Waals surface area contributed by atoms with Gasteiger partial charge in [0.15, 0.2) is 5.65 Å². The summed E-state index contributed by atoms with van der Waals surface area (Å²) in [6.45, 7) is 1.54. The Balaban J connectivity index is 2.01. The van der Waals surface area contributed by atoms with Crippen LogP contribution >= 0.6 is 22.9 Å². The molecule has 0 N–H and O–H groups in total. The van der Waals surface area contributed by atoms with Crippen LogP contribution < -0.4 is 4.74 Å². The summed E-state index contributed by atoms with van der Waals surface area (Å²) in [5.41, 5.74) is 0.403. The zero-order valence-electron chi connectivity index (χ0n) is 14.7. The number of benzene rings is 1. The lowest BCUT2D eigenvalue weighted by Crippen LogP contribution is -2.07. The Morgan fingerprint density at radius 3 is 2.39 bits per heavy atom. The molecule has 0 spiro atoms. The van der Waals surface area contributed by atoms with E-state index in [1.54, 1.807) is 43.3 Å². The second-order valence-electron chi connectivity index (χ2n) is 6.05. The van der Waals surface area contributed by atoms with Gasteiger partial charge in [0.25, 0.3) is 0 Å². The highest BCUT2D eigenvalue weighted by molar-refractivity contribution is 7.19. The van der Waals surface area contributed by atoms with Crippen molar-refractivity contribution in [1.29, 1.82) is 0 Å². The number of rotatable bonds is 3. The number of hydrogen-bond acceptors (Lipinski definition) is 4. The molecule has 0 unspecified atom stereocenters. The molecule has 144 valence electrons. The monoisotopic (exact) mass is 423 g/mol. The first-order chi connectivity index (χ1) is 13.3. The minimum absolute atomic E-state index is 0.0188. The van der Waals surface area contributed by atoms with Crippen molar-refractivity contribution in [2.24, 2.45) is 0 Å². The molecule has 3 heterocycles. The summed E-state index contributed by atoms with van der Waals surface area (Å²) in [4.78, 5) is 5.05. The first kappa shape index (κ1) is 18.8. The fourth-order valence-corrected chi connectivity index (χ4v) is 4.00. The van der Waals surface area contributed by atoms with Gasteiger partial charge in [-0.2, -0.15) is 18.3 Å². The smallest absolute Gasteiger partial charge is 0.417 e. The van der Waals surface area contributed by atoms with Gasteiger partial charge in [0.1, 0.15) is 5.75 Å². The zero-order valence-corrected chi connectivity index (χ0v) is 16.3. The number of pyridine rings is 1. The number of alkyl halides is 3. The largest absolute Gasteiger partial charge is 0.497 e. The standard InChI is InChI=1S/C19H13ClF3N3OS/c1-10-17-13(19(21,22)23)9-14(15-7-8-16(20)28-15)24-18(17)26(25-10)11-3-5-12(27-2)6-4-11/h3-9H,1-2H3. The minimum Gasteiger partial charge on any atom is -0.497 e. The van der Waals surface area contributed by atoms with Crippen molar-refractivity contribution >= 4 is 34.0 Å². The van der Waals surface area contributed by atoms with Crippen LogP contribution in [0.1, 0.15) is 11.3 Å². The Bertz CT molecular complexity index is 1170. The predicted octanol–water partition coefficient (Wildman–Crippen LogP) is 6.14. The number of nitrogens with zero attached hydrogens (tertiary/aromatic N) is 3.